The van der Waals surface area contributed by atoms with Gasteiger partial charge in [-0.1, -0.05) is 32.1 Å². The molecule has 3 rings (SSSR count). The first-order valence-electron chi connectivity index (χ1n) is 8.29. The highest BCUT2D eigenvalue weighted by Gasteiger charge is 2.16. The van der Waals surface area contributed by atoms with Gasteiger partial charge in [-0.05, 0) is 37.8 Å². The third-order valence-electron chi connectivity index (χ3n) is 4.65. The molecule has 1 saturated carbocycles. The Hall–Kier alpha value is -1.42. The van der Waals surface area contributed by atoms with Gasteiger partial charge >= 0.3 is 0 Å². The Bertz CT molecular complexity index is 671. The number of pyridine rings is 1. The Labute approximate surface area is 136 Å². The van der Waals surface area contributed by atoms with E-state index >= 15 is 0 Å². The van der Waals surface area contributed by atoms with Gasteiger partial charge in [0.1, 0.15) is 4.83 Å². The summed E-state index contributed by atoms with van der Waals surface area (Å²) in [6, 6.07) is 2.08. The molecule has 1 N–H and O–H groups in total. The molecule has 2 aromatic rings. The maximum absolute atomic E-state index is 12.2. The molecule has 0 spiro atoms. The number of rotatable bonds is 4. The third kappa shape index (κ3) is 3.49. The molecule has 0 aromatic carbocycles. The lowest BCUT2D eigenvalue weighted by Gasteiger charge is -2.20. The molecule has 1 aliphatic rings. The normalized spacial score (nSPS) is 16.1. The molecule has 0 radical (unpaired) electrons. The van der Waals surface area contributed by atoms with Gasteiger partial charge in [-0.2, -0.15) is 0 Å². The predicted molar refractivity (Wildman–Crippen MR) is 93.5 cm³/mol. The van der Waals surface area contributed by atoms with Crippen LogP contribution in [-0.4, -0.2) is 10.9 Å². The van der Waals surface area contributed by atoms with Crippen molar-refractivity contribution in [1.29, 1.82) is 0 Å². The zero-order valence-electron chi connectivity index (χ0n) is 13.4. The van der Waals surface area contributed by atoms with Crippen LogP contribution in [-0.2, 0) is 4.79 Å². The van der Waals surface area contributed by atoms with E-state index in [1.165, 1.54) is 37.7 Å². The zero-order valence-corrected chi connectivity index (χ0v) is 14.3. The van der Waals surface area contributed by atoms with E-state index in [1.807, 2.05) is 12.3 Å². The Morgan fingerprint density at radius 2 is 2.09 bits per heavy atom. The molecule has 0 aliphatic heterocycles. The largest absolute Gasteiger partial charge is 0.325 e. The van der Waals surface area contributed by atoms with E-state index in [2.05, 4.69) is 23.3 Å². The number of thiophene rings is 1. The minimum absolute atomic E-state index is 0.144. The summed E-state index contributed by atoms with van der Waals surface area (Å²) < 4.78 is 0. The van der Waals surface area contributed by atoms with E-state index in [-0.39, 0.29) is 5.91 Å². The zero-order chi connectivity index (χ0) is 15.5. The number of anilines is 1. The minimum Gasteiger partial charge on any atom is -0.325 e. The van der Waals surface area contributed by atoms with Crippen molar-refractivity contribution in [1.82, 2.24) is 4.98 Å². The molecule has 118 valence electrons. The van der Waals surface area contributed by atoms with E-state index in [0.717, 1.165) is 33.9 Å². The molecule has 0 bridgehead atoms. The average Bonchev–Trinajstić information content (AvgIpc) is 2.89. The van der Waals surface area contributed by atoms with Crippen molar-refractivity contribution in [3.05, 3.63) is 22.7 Å². The summed E-state index contributed by atoms with van der Waals surface area (Å²) in [5, 5.41) is 6.21. The number of amides is 1. The first-order chi connectivity index (χ1) is 10.6. The second-order valence-electron chi connectivity index (χ2n) is 6.50. The number of aromatic nitrogens is 1. The van der Waals surface area contributed by atoms with Gasteiger partial charge in [-0.25, -0.2) is 4.98 Å². The van der Waals surface area contributed by atoms with Crippen LogP contribution in [0.4, 0.5) is 5.69 Å². The fraction of sp³-hybridized carbons (Fsp3) is 0.556. The van der Waals surface area contributed by atoms with Crippen molar-refractivity contribution in [2.24, 2.45) is 5.92 Å². The summed E-state index contributed by atoms with van der Waals surface area (Å²) in [4.78, 5) is 17.8. The van der Waals surface area contributed by atoms with E-state index in [4.69, 9.17) is 0 Å². The molecular weight excluding hydrogens is 292 g/mol. The molecule has 1 amide bonds. The third-order valence-corrected chi connectivity index (χ3v) is 5.52. The van der Waals surface area contributed by atoms with Crippen LogP contribution in [0.15, 0.2) is 11.4 Å². The molecule has 2 heterocycles. The summed E-state index contributed by atoms with van der Waals surface area (Å²) in [6.45, 7) is 4.09. The van der Waals surface area contributed by atoms with Crippen LogP contribution < -0.4 is 5.32 Å². The molecule has 22 heavy (non-hydrogen) atoms. The molecule has 0 atom stereocenters. The smallest absolute Gasteiger partial charge is 0.224 e. The van der Waals surface area contributed by atoms with Crippen LogP contribution in [0.25, 0.3) is 10.2 Å². The fourth-order valence-corrected chi connectivity index (χ4v) is 4.50. The molecule has 3 nitrogen and oxygen atoms in total. The van der Waals surface area contributed by atoms with Crippen LogP contribution in [0.3, 0.4) is 0 Å². The van der Waals surface area contributed by atoms with Crippen LogP contribution in [0.1, 0.15) is 56.2 Å². The number of hydrogen-bond donors (Lipinski definition) is 1. The first-order valence-corrected chi connectivity index (χ1v) is 9.17. The maximum atomic E-state index is 12.2. The second-order valence-corrected chi connectivity index (χ2v) is 7.36. The summed E-state index contributed by atoms with van der Waals surface area (Å²) in [7, 11) is 0. The standard InChI is InChI=1S/C18H24N2OS/c1-12-10-13(2)19-18-17(12)15(11-22-18)20-16(21)9-8-14-6-4-3-5-7-14/h10-11,14H,3-9H2,1-2H3,(H,20,21). The number of hydrogen-bond acceptors (Lipinski definition) is 3. The van der Waals surface area contributed by atoms with Gasteiger partial charge in [0, 0.05) is 22.9 Å². The summed E-state index contributed by atoms with van der Waals surface area (Å²) in [6.07, 6.45) is 8.32. The highest BCUT2D eigenvalue weighted by Crippen LogP contribution is 2.32. The van der Waals surface area contributed by atoms with Gasteiger partial charge in [0.25, 0.3) is 0 Å². The Kier molecular flexibility index (Phi) is 4.77. The number of carbonyl (C=O) groups excluding carboxylic acids is 1. The molecule has 0 saturated heterocycles. The minimum atomic E-state index is 0.144. The predicted octanol–water partition coefficient (Wildman–Crippen LogP) is 5.21. The highest BCUT2D eigenvalue weighted by molar-refractivity contribution is 7.17. The van der Waals surface area contributed by atoms with Crippen molar-refractivity contribution in [2.75, 3.05) is 5.32 Å². The van der Waals surface area contributed by atoms with Gasteiger partial charge in [-0.3, -0.25) is 4.79 Å². The molecule has 4 heteroatoms. The van der Waals surface area contributed by atoms with E-state index in [1.54, 1.807) is 11.3 Å². The van der Waals surface area contributed by atoms with Crippen LogP contribution in [0.2, 0.25) is 0 Å². The van der Waals surface area contributed by atoms with Gasteiger partial charge in [-0.15, -0.1) is 11.3 Å². The van der Waals surface area contributed by atoms with Crippen molar-refractivity contribution in [3.8, 4) is 0 Å². The van der Waals surface area contributed by atoms with Gasteiger partial charge in [0.15, 0.2) is 0 Å². The van der Waals surface area contributed by atoms with Crippen LogP contribution in [0.5, 0.6) is 0 Å². The lowest BCUT2D eigenvalue weighted by molar-refractivity contribution is -0.116. The summed E-state index contributed by atoms with van der Waals surface area (Å²) in [5.74, 6) is 0.898. The lowest BCUT2D eigenvalue weighted by atomic mass is 9.86. The highest BCUT2D eigenvalue weighted by atomic mass is 32.1. The first kappa shape index (κ1) is 15.5. The molecule has 1 aliphatic carbocycles. The number of aryl methyl sites for hydroxylation is 2. The molecule has 1 fully saturated rings. The SMILES string of the molecule is Cc1cc(C)c2c(NC(=O)CCC3CCCCC3)csc2n1. The topological polar surface area (TPSA) is 42.0 Å². The number of nitrogens with zero attached hydrogens (tertiary/aromatic N) is 1. The quantitative estimate of drug-likeness (QED) is 0.841. The monoisotopic (exact) mass is 316 g/mol. The Morgan fingerprint density at radius 3 is 2.86 bits per heavy atom. The molecular formula is C18H24N2OS. The second kappa shape index (κ2) is 6.78. The Balaban J connectivity index is 1.64. The van der Waals surface area contributed by atoms with Crippen molar-refractivity contribution >= 4 is 33.1 Å². The maximum Gasteiger partial charge on any atom is 0.224 e. The summed E-state index contributed by atoms with van der Waals surface area (Å²) in [5.41, 5.74) is 3.15. The number of nitrogens with one attached hydrogen (secondary N) is 1. The van der Waals surface area contributed by atoms with Gasteiger partial charge in [0.2, 0.25) is 5.91 Å². The van der Waals surface area contributed by atoms with Crippen LogP contribution in [0, 0.1) is 19.8 Å². The summed E-state index contributed by atoms with van der Waals surface area (Å²) >= 11 is 1.60. The van der Waals surface area contributed by atoms with Crippen molar-refractivity contribution in [2.45, 2.75) is 58.8 Å². The molecule has 2 aromatic heterocycles. The van der Waals surface area contributed by atoms with E-state index < -0.39 is 0 Å². The number of fused-ring (bicyclic) bond motifs is 1. The van der Waals surface area contributed by atoms with Gasteiger partial charge in [0.05, 0.1) is 5.69 Å². The fourth-order valence-electron chi connectivity index (χ4n) is 3.50. The lowest BCUT2D eigenvalue weighted by Crippen LogP contribution is -2.14. The van der Waals surface area contributed by atoms with E-state index in [9.17, 15) is 4.79 Å². The van der Waals surface area contributed by atoms with Crippen LogP contribution >= 0.6 is 11.3 Å². The van der Waals surface area contributed by atoms with E-state index in [0.29, 0.717) is 6.42 Å². The van der Waals surface area contributed by atoms with Crippen molar-refractivity contribution in [3.63, 3.8) is 0 Å². The molecule has 0 unspecified atom stereocenters. The average molecular weight is 316 g/mol. The van der Waals surface area contributed by atoms with Gasteiger partial charge < -0.3 is 5.32 Å². The number of carbonyl (C=O) groups is 1. The Morgan fingerprint density at radius 1 is 1.32 bits per heavy atom. The van der Waals surface area contributed by atoms with Crippen molar-refractivity contribution < 1.29 is 4.79 Å².